The van der Waals surface area contributed by atoms with Crippen molar-refractivity contribution in [1.82, 2.24) is 15.2 Å². The Hall–Kier alpha value is -3.79. The third-order valence-electron chi connectivity index (χ3n) is 6.02. The van der Waals surface area contributed by atoms with Gasteiger partial charge in [-0.2, -0.15) is 0 Å². The minimum absolute atomic E-state index is 0.122. The van der Waals surface area contributed by atoms with E-state index in [4.69, 9.17) is 19.2 Å². The number of fused-ring (bicyclic) bond motifs is 1. The van der Waals surface area contributed by atoms with Gasteiger partial charge in [-0.25, -0.2) is 9.79 Å². The van der Waals surface area contributed by atoms with Gasteiger partial charge in [0.1, 0.15) is 11.5 Å². The maximum atomic E-state index is 13.4. The van der Waals surface area contributed by atoms with E-state index in [0.717, 1.165) is 17.0 Å². The maximum absolute atomic E-state index is 13.4. The Morgan fingerprint density at radius 1 is 1.13 bits per heavy atom. The van der Waals surface area contributed by atoms with Gasteiger partial charge in [0.25, 0.3) is 0 Å². The molecule has 1 amide bonds. The van der Waals surface area contributed by atoms with Gasteiger partial charge in [-0.05, 0) is 56.0 Å². The molecular formula is C28H32N4O5S. The van der Waals surface area contributed by atoms with Gasteiger partial charge in [0.2, 0.25) is 5.91 Å². The van der Waals surface area contributed by atoms with Gasteiger partial charge < -0.3 is 24.4 Å². The first-order chi connectivity index (χ1) is 18.3. The summed E-state index contributed by atoms with van der Waals surface area (Å²) in [7, 11) is 3.15. The zero-order valence-electron chi connectivity index (χ0n) is 22.2. The number of nitrogens with zero attached hydrogens (tertiary/aromatic N) is 3. The van der Waals surface area contributed by atoms with Crippen molar-refractivity contribution in [2.45, 2.75) is 45.8 Å². The first-order valence-electron chi connectivity index (χ1n) is 12.4. The molecule has 0 unspecified atom stereocenters. The van der Waals surface area contributed by atoms with Crippen molar-refractivity contribution in [3.63, 3.8) is 0 Å². The maximum Gasteiger partial charge on any atom is 0.338 e. The molecule has 0 saturated carbocycles. The second kappa shape index (κ2) is 12.2. The number of aromatic nitrogens is 1. The minimum atomic E-state index is -0.583. The van der Waals surface area contributed by atoms with E-state index < -0.39 is 12.0 Å². The van der Waals surface area contributed by atoms with Crippen LogP contribution >= 0.6 is 11.8 Å². The number of amides is 1. The fourth-order valence-electron chi connectivity index (χ4n) is 4.31. The topological polar surface area (TPSA) is 102 Å². The average molecular weight is 537 g/mol. The van der Waals surface area contributed by atoms with Crippen molar-refractivity contribution in [2.75, 3.05) is 20.8 Å². The number of amidine groups is 1. The normalized spacial score (nSPS) is 16.6. The lowest BCUT2D eigenvalue weighted by molar-refractivity contribution is -0.143. The first kappa shape index (κ1) is 27.3. The molecule has 2 aliphatic rings. The number of hydrogen-bond donors (Lipinski definition) is 1. The van der Waals surface area contributed by atoms with Crippen molar-refractivity contribution in [2.24, 2.45) is 4.99 Å². The molecule has 2 aliphatic heterocycles. The van der Waals surface area contributed by atoms with E-state index in [9.17, 15) is 9.59 Å². The molecule has 1 aromatic carbocycles. The molecule has 4 rings (SSSR count). The summed E-state index contributed by atoms with van der Waals surface area (Å²) >= 11 is 1.42. The van der Waals surface area contributed by atoms with Crippen LogP contribution in [0.2, 0.25) is 0 Å². The lowest BCUT2D eigenvalue weighted by Gasteiger charge is -2.36. The highest BCUT2D eigenvalue weighted by atomic mass is 32.2. The number of nitrogens with one attached hydrogen (secondary N) is 1. The molecule has 38 heavy (non-hydrogen) atoms. The van der Waals surface area contributed by atoms with Crippen molar-refractivity contribution >= 4 is 28.8 Å². The summed E-state index contributed by atoms with van der Waals surface area (Å²) in [6.45, 7) is 5.88. The Bertz CT molecular complexity index is 1270. The van der Waals surface area contributed by atoms with E-state index in [2.05, 4.69) is 10.3 Å². The molecule has 0 aliphatic carbocycles. The van der Waals surface area contributed by atoms with E-state index in [0.29, 0.717) is 40.9 Å². The van der Waals surface area contributed by atoms with Gasteiger partial charge in [-0.3, -0.25) is 9.78 Å². The van der Waals surface area contributed by atoms with Crippen LogP contribution in [-0.4, -0.2) is 53.8 Å². The Morgan fingerprint density at radius 2 is 1.87 bits per heavy atom. The fourth-order valence-corrected chi connectivity index (χ4v) is 5.28. The van der Waals surface area contributed by atoms with E-state index >= 15 is 0 Å². The number of rotatable bonds is 10. The highest BCUT2D eigenvalue weighted by molar-refractivity contribution is 8.16. The molecule has 1 atom stereocenters. The molecule has 0 spiro atoms. The van der Waals surface area contributed by atoms with Gasteiger partial charge in [0.05, 0.1) is 44.1 Å². The predicted molar refractivity (Wildman–Crippen MR) is 147 cm³/mol. The molecule has 10 heteroatoms. The van der Waals surface area contributed by atoms with Crippen LogP contribution in [0.4, 0.5) is 0 Å². The van der Waals surface area contributed by atoms with Crippen molar-refractivity contribution in [1.29, 1.82) is 0 Å². The summed E-state index contributed by atoms with van der Waals surface area (Å²) in [6, 6.07) is 10.6. The van der Waals surface area contributed by atoms with Crippen LogP contribution in [0.3, 0.4) is 0 Å². The number of allylic oxidation sites excluding steroid dienone is 1. The quantitative estimate of drug-likeness (QED) is 0.447. The molecule has 1 aromatic heterocycles. The predicted octanol–water partition coefficient (Wildman–Crippen LogP) is 4.37. The van der Waals surface area contributed by atoms with E-state index in [-0.39, 0.29) is 18.4 Å². The van der Waals surface area contributed by atoms with Gasteiger partial charge in [0.15, 0.2) is 5.17 Å². The molecule has 0 radical (unpaired) electrons. The van der Waals surface area contributed by atoms with Crippen molar-refractivity contribution in [3.8, 4) is 11.5 Å². The Kier molecular flexibility index (Phi) is 8.73. The zero-order chi connectivity index (χ0) is 27.2. The highest BCUT2D eigenvalue weighted by Gasteiger charge is 2.41. The van der Waals surface area contributed by atoms with Gasteiger partial charge in [0, 0.05) is 36.6 Å². The summed E-state index contributed by atoms with van der Waals surface area (Å²) in [4.78, 5) is 37.2. The molecule has 3 heterocycles. The van der Waals surface area contributed by atoms with Crippen LogP contribution in [0.25, 0.3) is 0 Å². The first-order valence-corrected chi connectivity index (χ1v) is 13.2. The largest absolute Gasteiger partial charge is 0.497 e. The van der Waals surface area contributed by atoms with Gasteiger partial charge >= 0.3 is 5.97 Å². The average Bonchev–Trinajstić information content (AvgIpc) is 3.29. The smallest absolute Gasteiger partial charge is 0.338 e. The van der Waals surface area contributed by atoms with Crippen LogP contribution in [0.5, 0.6) is 11.5 Å². The van der Waals surface area contributed by atoms with Gasteiger partial charge in [-0.15, -0.1) is 0 Å². The number of carbonyl (C=O) groups excluding carboxylic acids is 2. The molecule has 200 valence electrons. The number of carbonyl (C=O) groups is 2. The lowest BCUT2D eigenvalue weighted by atomic mass is 9.93. The van der Waals surface area contributed by atoms with E-state index in [1.165, 1.54) is 11.8 Å². The standard InChI is InChI=1S/C28H32N4O5S/c1-17(2)37-27(34)25-18(3)31-28-32(26(25)19-12-22(35-4)15-23(13-19)36-5)21(16-38-28)14-24(33)30-11-9-20-8-6-7-10-29-20/h6-8,10,12-13,15-17,26H,9,11,14H2,1-5H3,(H,30,33)/t26-/m1/s1. The third-order valence-corrected chi connectivity index (χ3v) is 6.91. The molecule has 1 N–H and O–H groups in total. The Balaban J connectivity index is 1.63. The van der Waals surface area contributed by atoms with Crippen molar-refractivity contribution < 1.29 is 23.8 Å². The fraction of sp³-hybridized carbons (Fsp3) is 0.357. The lowest BCUT2D eigenvalue weighted by Crippen LogP contribution is -2.38. The van der Waals surface area contributed by atoms with Crippen LogP contribution < -0.4 is 14.8 Å². The Labute approximate surface area is 227 Å². The SMILES string of the molecule is COc1cc(OC)cc([C@@H]2C(C(=O)OC(C)C)=C(C)N=C3SC=C(CC(=O)NCCc4ccccn4)N32)c1. The number of thioether (sulfide) groups is 1. The van der Waals surface area contributed by atoms with Crippen LogP contribution in [0, 0.1) is 0 Å². The number of methoxy groups -OCH3 is 2. The highest BCUT2D eigenvalue weighted by Crippen LogP contribution is 2.46. The summed E-state index contributed by atoms with van der Waals surface area (Å²) in [5.41, 5.74) is 3.37. The number of ether oxygens (including phenoxy) is 3. The van der Waals surface area contributed by atoms with Gasteiger partial charge in [-0.1, -0.05) is 17.8 Å². The number of esters is 1. The van der Waals surface area contributed by atoms with E-state index in [1.807, 2.05) is 40.6 Å². The molecule has 0 saturated heterocycles. The summed E-state index contributed by atoms with van der Waals surface area (Å²) in [6.07, 6.45) is 2.19. The summed E-state index contributed by atoms with van der Waals surface area (Å²) in [5.74, 6) is 0.585. The molecule has 0 bridgehead atoms. The van der Waals surface area contributed by atoms with Crippen molar-refractivity contribution in [3.05, 3.63) is 76.2 Å². The third kappa shape index (κ3) is 6.19. The number of aliphatic imine (C=N–C) groups is 1. The van der Waals surface area contributed by atoms with E-state index in [1.54, 1.807) is 47.3 Å². The molecule has 9 nitrogen and oxygen atoms in total. The number of pyridine rings is 1. The minimum Gasteiger partial charge on any atom is -0.497 e. The molecule has 2 aromatic rings. The zero-order valence-corrected chi connectivity index (χ0v) is 23.0. The Morgan fingerprint density at radius 3 is 2.50 bits per heavy atom. The second-order valence-corrected chi connectivity index (χ2v) is 9.93. The van der Waals surface area contributed by atoms with Crippen LogP contribution in [0.15, 0.2) is 70.0 Å². The second-order valence-electron chi connectivity index (χ2n) is 9.09. The van der Waals surface area contributed by atoms with Crippen LogP contribution in [0.1, 0.15) is 44.5 Å². The number of hydrogen-bond acceptors (Lipinski definition) is 9. The summed E-state index contributed by atoms with van der Waals surface area (Å²) < 4.78 is 16.6. The molecule has 0 fully saturated rings. The summed E-state index contributed by atoms with van der Waals surface area (Å²) in [5, 5.41) is 5.57. The van der Waals surface area contributed by atoms with Crippen LogP contribution in [-0.2, 0) is 20.7 Å². The monoisotopic (exact) mass is 536 g/mol. The molecular weight excluding hydrogens is 504 g/mol. The number of benzene rings is 1.